The molecule has 3 N–H and O–H groups in total. The molecule has 170 valence electrons. The molecular weight excluding hydrogens is 527 g/mol. The third-order valence-electron chi connectivity index (χ3n) is 5.26. The molecule has 0 unspecified atom stereocenters. The summed E-state index contributed by atoms with van der Waals surface area (Å²) < 4.78 is 5.10. The number of hydrogen-bond donors (Lipinski definition) is 3. The smallest absolute Gasteiger partial charge is 0.191 e. The minimum atomic E-state index is 0. The molecule has 2 aromatic rings. The van der Waals surface area contributed by atoms with Crippen LogP contribution in [0.5, 0.6) is 11.5 Å². The molecule has 0 aromatic heterocycles. The lowest BCUT2D eigenvalue weighted by atomic mass is 10.0. The summed E-state index contributed by atoms with van der Waals surface area (Å²) in [7, 11) is 1.54. The second kappa shape index (κ2) is 13.0. The molecule has 0 aliphatic carbocycles. The van der Waals surface area contributed by atoms with Crippen LogP contribution in [0.3, 0.4) is 0 Å². The van der Waals surface area contributed by atoms with Crippen molar-refractivity contribution < 1.29 is 9.84 Å². The molecule has 6 nitrogen and oxygen atoms in total. The predicted octanol–water partition coefficient (Wildman–Crippen LogP) is 4.39. The molecule has 0 bridgehead atoms. The number of likely N-dealkylation sites (tertiary alicyclic amines) is 1. The maximum atomic E-state index is 9.95. The number of nitrogens with one attached hydrogen (secondary N) is 2. The van der Waals surface area contributed by atoms with Crippen LogP contribution in [-0.4, -0.2) is 48.8 Å². The average molecular weight is 559 g/mol. The first-order valence-corrected chi connectivity index (χ1v) is 10.8. The number of hydrogen-bond acceptors (Lipinski definition) is 4. The van der Waals surface area contributed by atoms with Crippen LogP contribution in [0.15, 0.2) is 47.5 Å². The van der Waals surface area contributed by atoms with Gasteiger partial charge < -0.3 is 20.5 Å². The molecule has 1 aliphatic rings. The second-order valence-electron chi connectivity index (χ2n) is 7.52. The molecular formula is C23H32ClIN4O2. The van der Waals surface area contributed by atoms with Crippen LogP contribution in [-0.2, 0) is 13.1 Å². The summed E-state index contributed by atoms with van der Waals surface area (Å²) in [5.41, 5.74) is 2.23. The molecule has 2 aromatic carbocycles. The lowest BCUT2D eigenvalue weighted by Crippen LogP contribution is -2.48. The summed E-state index contributed by atoms with van der Waals surface area (Å²) in [5, 5.41) is 17.6. The Kier molecular flexibility index (Phi) is 10.7. The van der Waals surface area contributed by atoms with E-state index in [-0.39, 0.29) is 29.7 Å². The molecule has 1 aliphatic heterocycles. The van der Waals surface area contributed by atoms with Crippen molar-refractivity contribution in [3.05, 3.63) is 58.6 Å². The molecule has 3 rings (SSSR count). The van der Waals surface area contributed by atoms with Crippen LogP contribution in [0.25, 0.3) is 0 Å². The standard InChI is InChI=1S/C23H31ClN4O2.HI/c1-3-25-23(26-15-18-6-9-22(30-2)21(29)14-18)27-20-10-12-28(13-11-20)16-17-4-7-19(24)8-5-17;/h4-9,14,20,29H,3,10-13,15-16H2,1-2H3,(H2,25,26,27);1H. The molecule has 0 radical (unpaired) electrons. The van der Waals surface area contributed by atoms with Crippen LogP contribution < -0.4 is 15.4 Å². The molecule has 8 heteroatoms. The highest BCUT2D eigenvalue weighted by atomic mass is 127. The SMILES string of the molecule is CCNC(=NCc1ccc(OC)c(O)c1)NC1CCN(Cc2ccc(Cl)cc2)CC1.I. The topological polar surface area (TPSA) is 69.1 Å². The normalized spacial score (nSPS) is 15.3. The Bertz CT molecular complexity index is 840. The first-order chi connectivity index (χ1) is 14.6. The van der Waals surface area contributed by atoms with Gasteiger partial charge in [0.2, 0.25) is 0 Å². The minimum Gasteiger partial charge on any atom is -0.504 e. The van der Waals surface area contributed by atoms with Crippen molar-refractivity contribution in [3.63, 3.8) is 0 Å². The van der Waals surface area contributed by atoms with E-state index < -0.39 is 0 Å². The number of halogens is 2. The van der Waals surface area contributed by atoms with Crippen molar-refractivity contribution in [1.82, 2.24) is 15.5 Å². The van der Waals surface area contributed by atoms with E-state index in [0.29, 0.717) is 18.3 Å². The van der Waals surface area contributed by atoms with Gasteiger partial charge in [0.1, 0.15) is 0 Å². The molecule has 0 atom stereocenters. The van der Waals surface area contributed by atoms with Gasteiger partial charge in [-0.25, -0.2) is 4.99 Å². The van der Waals surface area contributed by atoms with Crippen LogP contribution >= 0.6 is 35.6 Å². The Hall–Kier alpha value is -1.71. The molecule has 1 saturated heterocycles. The molecule has 0 saturated carbocycles. The number of piperidine rings is 1. The summed E-state index contributed by atoms with van der Waals surface area (Å²) >= 11 is 5.98. The van der Waals surface area contributed by atoms with E-state index in [2.05, 4.69) is 39.6 Å². The summed E-state index contributed by atoms with van der Waals surface area (Å²) in [6, 6.07) is 13.9. The van der Waals surface area contributed by atoms with E-state index in [4.69, 9.17) is 16.3 Å². The van der Waals surface area contributed by atoms with Crippen LogP contribution in [0.2, 0.25) is 5.02 Å². The number of nitrogens with zero attached hydrogens (tertiary/aromatic N) is 2. The number of phenolic OH excluding ortho intramolecular Hbond substituents is 1. The highest BCUT2D eigenvalue weighted by molar-refractivity contribution is 14.0. The zero-order chi connectivity index (χ0) is 21.3. The van der Waals surface area contributed by atoms with Gasteiger partial charge in [-0.1, -0.05) is 29.8 Å². The number of benzene rings is 2. The van der Waals surface area contributed by atoms with Gasteiger partial charge in [0.15, 0.2) is 17.5 Å². The van der Waals surface area contributed by atoms with Crippen molar-refractivity contribution >= 4 is 41.5 Å². The summed E-state index contributed by atoms with van der Waals surface area (Å²) in [4.78, 5) is 7.16. The fourth-order valence-corrected chi connectivity index (χ4v) is 3.73. The Morgan fingerprint density at radius 3 is 2.45 bits per heavy atom. The van der Waals surface area contributed by atoms with Gasteiger partial charge in [-0.3, -0.25) is 4.90 Å². The van der Waals surface area contributed by atoms with Gasteiger partial charge in [0.05, 0.1) is 13.7 Å². The Morgan fingerprint density at radius 2 is 1.84 bits per heavy atom. The van der Waals surface area contributed by atoms with Crippen molar-refractivity contribution in [2.75, 3.05) is 26.7 Å². The predicted molar refractivity (Wildman–Crippen MR) is 138 cm³/mol. The van der Waals surface area contributed by atoms with Crippen LogP contribution in [0.4, 0.5) is 0 Å². The number of ether oxygens (including phenoxy) is 1. The zero-order valence-corrected chi connectivity index (χ0v) is 21.2. The fraction of sp³-hybridized carbons (Fsp3) is 0.435. The number of aromatic hydroxyl groups is 1. The van der Waals surface area contributed by atoms with Crippen molar-refractivity contribution in [3.8, 4) is 11.5 Å². The van der Waals surface area contributed by atoms with Gasteiger partial charge in [0, 0.05) is 37.2 Å². The van der Waals surface area contributed by atoms with Crippen molar-refractivity contribution in [1.29, 1.82) is 0 Å². The zero-order valence-electron chi connectivity index (χ0n) is 18.1. The van der Waals surface area contributed by atoms with E-state index >= 15 is 0 Å². The lowest BCUT2D eigenvalue weighted by molar-refractivity contribution is 0.198. The third-order valence-corrected chi connectivity index (χ3v) is 5.51. The van der Waals surface area contributed by atoms with Gasteiger partial charge >= 0.3 is 0 Å². The maximum Gasteiger partial charge on any atom is 0.191 e. The highest BCUT2D eigenvalue weighted by Crippen LogP contribution is 2.26. The molecule has 0 amide bonds. The van der Waals surface area contributed by atoms with E-state index in [1.165, 1.54) is 5.56 Å². The van der Waals surface area contributed by atoms with E-state index in [0.717, 1.165) is 55.6 Å². The van der Waals surface area contributed by atoms with Gasteiger partial charge in [-0.2, -0.15) is 0 Å². The van der Waals surface area contributed by atoms with Crippen molar-refractivity contribution in [2.45, 2.75) is 38.9 Å². The van der Waals surface area contributed by atoms with E-state index in [1.807, 2.05) is 18.2 Å². The van der Waals surface area contributed by atoms with Crippen LogP contribution in [0, 0.1) is 0 Å². The average Bonchev–Trinajstić information content (AvgIpc) is 2.75. The summed E-state index contributed by atoms with van der Waals surface area (Å²) in [5.74, 6) is 1.42. The number of guanidine groups is 1. The second-order valence-corrected chi connectivity index (χ2v) is 7.96. The van der Waals surface area contributed by atoms with E-state index in [9.17, 15) is 5.11 Å². The molecule has 31 heavy (non-hydrogen) atoms. The Labute approximate surface area is 207 Å². The quantitative estimate of drug-likeness (QED) is 0.267. The summed E-state index contributed by atoms with van der Waals surface area (Å²) in [6.07, 6.45) is 2.14. The number of aliphatic imine (C=N–C) groups is 1. The third kappa shape index (κ3) is 8.05. The largest absolute Gasteiger partial charge is 0.504 e. The fourth-order valence-electron chi connectivity index (χ4n) is 3.60. The highest BCUT2D eigenvalue weighted by Gasteiger charge is 2.20. The summed E-state index contributed by atoms with van der Waals surface area (Å²) in [6.45, 7) is 6.40. The molecule has 1 heterocycles. The van der Waals surface area contributed by atoms with Crippen molar-refractivity contribution in [2.24, 2.45) is 4.99 Å². The Balaban J connectivity index is 0.00000341. The minimum absolute atomic E-state index is 0. The Morgan fingerprint density at radius 1 is 1.16 bits per heavy atom. The van der Waals surface area contributed by atoms with Gasteiger partial charge in [-0.15, -0.1) is 24.0 Å². The molecule has 1 fully saturated rings. The first-order valence-electron chi connectivity index (χ1n) is 10.4. The first kappa shape index (κ1) is 25.5. The number of rotatable bonds is 7. The maximum absolute atomic E-state index is 9.95. The van der Waals surface area contributed by atoms with Gasteiger partial charge in [-0.05, 0) is 55.2 Å². The van der Waals surface area contributed by atoms with Crippen LogP contribution in [0.1, 0.15) is 30.9 Å². The lowest BCUT2D eigenvalue weighted by Gasteiger charge is -2.33. The monoisotopic (exact) mass is 558 g/mol. The molecule has 0 spiro atoms. The van der Waals surface area contributed by atoms with E-state index in [1.54, 1.807) is 19.2 Å². The number of phenols is 1. The number of methoxy groups -OCH3 is 1. The van der Waals surface area contributed by atoms with Gasteiger partial charge in [0.25, 0.3) is 0 Å².